The van der Waals surface area contributed by atoms with Gasteiger partial charge in [-0.2, -0.15) is 0 Å². The van der Waals surface area contributed by atoms with Crippen molar-refractivity contribution in [3.05, 3.63) is 35.3 Å². The van der Waals surface area contributed by atoms with Gasteiger partial charge in [0.05, 0.1) is 12.2 Å². The molecule has 0 saturated carbocycles. The molecule has 0 aliphatic carbocycles. The Morgan fingerprint density at radius 3 is 2.73 bits per heavy atom. The lowest BCUT2D eigenvalue weighted by molar-refractivity contribution is -0.189. The van der Waals surface area contributed by atoms with Gasteiger partial charge in [-0.05, 0) is 12.1 Å². The van der Waals surface area contributed by atoms with Crippen molar-refractivity contribution in [1.82, 2.24) is 0 Å². The number of hydrogen-bond donors (Lipinski definition) is 4. The fourth-order valence-electron chi connectivity index (χ4n) is 2.43. The van der Waals surface area contributed by atoms with Crippen molar-refractivity contribution < 1.29 is 39.4 Å². The fourth-order valence-corrected chi connectivity index (χ4v) is 2.43. The molecule has 0 radical (unpaired) electrons. The number of aromatic hydroxyl groups is 2. The van der Waals surface area contributed by atoms with Gasteiger partial charge in [0.2, 0.25) is 0 Å². The van der Waals surface area contributed by atoms with E-state index in [4.69, 9.17) is 19.3 Å². The zero-order chi connectivity index (χ0) is 16.1. The van der Waals surface area contributed by atoms with Crippen LogP contribution in [0.15, 0.2) is 29.7 Å². The minimum Gasteiger partial charge on any atom is -0.504 e. The molecule has 22 heavy (non-hydrogen) atoms. The highest BCUT2D eigenvalue weighted by atomic mass is 16.8. The Kier molecular flexibility index (Phi) is 3.15. The summed E-state index contributed by atoms with van der Waals surface area (Å²) in [6.45, 7) is 0.807. The second-order valence-corrected chi connectivity index (χ2v) is 5.09. The highest BCUT2D eigenvalue weighted by Gasteiger charge is 2.53. The molecule has 1 aromatic rings. The van der Waals surface area contributed by atoms with Crippen LogP contribution in [0.25, 0.3) is 0 Å². The average Bonchev–Trinajstić information content (AvgIpc) is 2.98. The van der Waals surface area contributed by atoms with E-state index in [0.29, 0.717) is 0 Å². The number of esters is 1. The van der Waals surface area contributed by atoms with E-state index < -0.39 is 36.3 Å². The van der Waals surface area contributed by atoms with Gasteiger partial charge in [-0.25, -0.2) is 4.79 Å². The molecule has 0 aromatic heterocycles. The van der Waals surface area contributed by atoms with E-state index >= 15 is 0 Å². The van der Waals surface area contributed by atoms with Crippen LogP contribution in [0.1, 0.15) is 12.5 Å². The lowest BCUT2D eigenvalue weighted by Crippen LogP contribution is -2.35. The second-order valence-electron chi connectivity index (χ2n) is 5.09. The van der Waals surface area contributed by atoms with Crippen molar-refractivity contribution in [3.8, 4) is 11.5 Å². The number of hydrogen-bond acceptors (Lipinski definition) is 8. The van der Waals surface area contributed by atoms with Crippen molar-refractivity contribution in [2.24, 2.45) is 0 Å². The summed E-state index contributed by atoms with van der Waals surface area (Å²) in [6.07, 6.45) is -2.55. The number of ether oxygens (including phenoxy) is 3. The number of rotatable bonds is 3. The number of phenolic OH excluding ortho intramolecular Hbond substituents is 2. The van der Waals surface area contributed by atoms with Crippen LogP contribution >= 0.6 is 0 Å². The van der Waals surface area contributed by atoms with Crippen LogP contribution in [-0.2, 0) is 24.8 Å². The van der Waals surface area contributed by atoms with Crippen molar-refractivity contribution in [3.63, 3.8) is 0 Å². The van der Waals surface area contributed by atoms with Gasteiger partial charge in [0.25, 0.3) is 11.5 Å². The van der Waals surface area contributed by atoms with Crippen LogP contribution in [0, 0.1) is 0 Å². The molecule has 2 aliphatic rings. The first kappa shape index (κ1) is 14.5. The normalized spacial score (nSPS) is 28.0. The van der Waals surface area contributed by atoms with Crippen molar-refractivity contribution in [2.75, 3.05) is 6.61 Å². The predicted molar refractivity (Wildman–Crippen MR) is 69.3 cm³/mol. The number of aliphatic hydroxyl groups excluding tert-OH is 2. The Hall–Kier alpha value is -2.45. The molecule has 1 aromatic carbocycles. The molecule has 0 spiro atoms. The highest BCUT2D eigenvalue weighted by Crippen LogP contribution is 2.48. The Bertz CT molecular complexity index is 667. The first-order valence-electron chi connectivity index (χ1n) is 6.51. The monoisotopic (exact) mass is 310 g/mol. The molecule has 3 rings (SSSR count). The average molecular weight is 310 g/mol. The summed E-state index contributed by atoms with van der Waals surface area (Å²) < 4.78 is 15.9. The van der Waals surface area contributed by atoms with Crippen LogP contribution in [-0.4, -0.2) is 45.2 Å². The lowest BCUT2D eigenvalue weighted by atomic mass is 10.1. The fraction of sp³-hybridized carbons (Fsp3) is 0.357. The van der Waals surface area contributed by atoms with Gasteiger partial charge in [-0.15, -0.1) is 0 Å². The molecule has 0 fully saturated rings. The van der Waals surface area contributed by atoms with Crippen LogP contribution in [0.5, 0.6) is 11.5 Å². The second kappa shape index (κ2) is 4.79. The van der Waals surface area contributed by atoms with Crippen LogP contribution in [0.2, 0.25) is 0 Å². The van der Waals surface area contributed by atoms with E-state index in [1.807, 2.05) is 0 Å². The molecule has 0 bridgehead atoms. The molecular weight excluding hydrogens is 296 g/mol. The van der Waals surface area contributed by atoms with Gasteiger partial charge in [0.15, 0.2) is 23.4 Å². The maximum absolute atomic E-state index is 11.8. The SMILES string of the molecule is CC1(c2cccc(O)c2O)OC2=C(O1)C(C(O)CO)OC2=O. The number of para-hydroxylation sites is 1. The van der Waals surface area contributed by atoms with E-state index in [2.05, 4.69) is 0 Å². The third-order valence-corrected chi connectivity index (χ3v) is 3.54. The van der Waals surface area contributed by atoms with Crippen LogP contribution < -0.4 is 0 Å². The van der Waals surface area contributed by atoms with Crippen LogP contribution in [0.3, 0.4) is 0 Å². The smallest absolute Gasteiger partial charge is 0.378 e. The van der Waals surface area contributed by atoms with Crippen molar-refractivity contribution in [1.29, 1.82) is 0 Å². The molecule has 0 amide bonds. The van der Waals surface area contributed by atoms with Gasteiger partial charge in [0, 0.05) is 6.92 Å². The van der Waals surface area contributed by atoms with Crippen molar-refractivity contribution in [2.45, 2.75) is 24.9 Å². The van der Waals surface area contributed by atoms with Crippen molar-refractivity contribution >= 4 is 5.97 Å². The molecule has 8 heteroatoms. The minimum atomic E-state index is -1.57. The van der Waals surface area contributed by atoms with E-state index in [0.717, 1.165) is 0 Å². The third kappa shape index (κ3) is 1.96. The molecule has 2 aliphatic heterocycles. The number of aliphatic hydroxyl groups is 2. The minimum absolute atomic E-state index is 0.0585. The zero-order valence-corrected chi connectivity index (χ0v) is 11.5. The van der Waals surface area contributed by atoms with Gasteiger partial charge >= 0.3 is 5.97 Å². The number of carbonyl (C=O) groups excluding carboxylic acids is 1. The summed E-state index contributed by atoms with van der Waals surface area (Å²) in [5.41, 5.74) is 0.104. The highest BCUT2D eigenvalue weighted by molar-refractivity contribution is 5.90. The molecule has 8 nitrogen and oxygen atoms in total. The first-order valence-corrected chi connectivity index (χ1v) is 6.51. The Morgan fingerprint density at radius 2 is 2.05 bits per heavy atom. The van der Waals surface area contributed by atoms with Crippen LogP contribution in [0.4, 0.5) is 0 Å². The summed E-state index contributed by atoms with van der Waals surface area (Å²) in [4.78, 5) is 11.8. The summed E-state index contributed by atoms with van der Waals surface area (Å²) in [6, 6.07) is 4.22. The molecule has 118 valence electrons. The standard InChI is InChI=1S/C14H14O8/c1-14(6-3-2-4-7(16)9(6)18)21-11-10(8(17)5-15)20-13(19)12(11)22-14/h2-4,8,10,15-18H,5H2,1H3. The molecule has 3 atom stereocenters. The maximum atomic E-state index is 11.8. The van der Waals surface area contributed by atoms with Gasteiger partial charge in [0.1, 0.15) is 6.10 Å². The number of phenols is 2. The quantitative estimate of drug-likeness (QED) is 0.447. The molecule has 2 heterocycles. The molecule has 3 unspecified atom stereocenters. The maximum Gasteiger partial charge on any atom is 0.378 e. The van der Waals surface area contributed by atoms with E-state index in [1.54, 1.807) is 0 Å². The molecular formula is C14H14O8. The summed E-state index contributed by atoms with van der Waals surface area (Å²) in [7, 11) is 0. The number of carbonyl (C=O) groups is 1. The van der Waals surface area contributed by atoms with E-state index in [-0.39, 0.29) is 22.8 Å². The summed E-state index contributed by atoms with van der Waals surface area (Å²) in [5, 5.41) is 38.2. The molecule has 4 N–H and O–H groups in total. The Labute approximate surface area is 124 Å². The van der Waals surface area contributed by atoms with Gasteiger partial charge in [-0.1, -0.05) is 6.07 Å². The third-order valence-electron chi connectivity index (χ3n) is 3.54. The van der Waals surface area contributed by atoms with Gasteiger partial charge in [-0.3, -0.25) is 0 Å². The Morgan fingerprint density at radius 1 is 1.32 bits per heavy atom. The largest absolute Gasteiger partial charge is 0.504 e. The topological polar surface area (TPSA) is 126 Å². The number of cyclic esters (lactones) is 1. The van der Waals surface area contributed by atoms with Gasteiger partial charge < -0.3 is 34.6 Å². The summed E-state index contributed by atoms with van der Waals surface area (Å²) in [5.74, 6) is -3.51. The van der Waals surface area contributed by atoms with E-state index in [1.165, 1.54) is 25.1 Å². The molecule has 0 saturated heterocycles. The first-order chi connectivity index (χ1) is 10.4. The Balaban J connectivity index is 1.96. The predicted octanol–water partition coefficient (Wildman–Crippen LogP) is -0.193. The van der Waals surface area contributed by atoms with E-state index in [9.17, 15) is 20.1 Å². The summed E-state index contributed by atoms with van der Waals surface area (Å²) >= 11 is 0. The zero-order valence-electron chi connectivity index (χ0n) is 11.5. The lowest BCUT2D eigenvalue weighted by Gasteiger charge is -2.28. The number of benzene rings is 1.